The largest absolute Gasteiger partial charge is 0.494 e. The van der Waals surface area contributed by atoms with Crippen LogP contribution in [0.2, 0.25) is 0 Å². The Labute approximate surface area is 352 Å². The van der Waals surface area contributed by atoms with Crippen LogP contribution >= 0.6 is 11.3 Å². The molecule has 60 heavy (non-hydrogen) atoms. The number of esters is 4. The Hall–Kier alpha value is -6.80. The Bertz CT molecular complexity index is 2200. The first-order valence-corrected chi connectivity index (χ1v) is 20.3. The quantitative estimate of drug-likeness (QED) is 0.0150. The van der Waals surface area contributed by atoms with Gasteiger partial charge in [-0.15, -0.1) is 0 Å². The summed E-state index contributed by atoms with van der Waals surface area (Å²) in [4.78, 5) is 52.5. The molecule has 0 bridgehead atoms. The van der Waals surface area contributed by atoms with Crippen molar-refractivity contribution in [3.05, 3.63) is 144 Å². The standard InChI is InChI=1S/C46H47N3O10S/c1-3-42(50)56-27-9-7-25-54-38-19-15-35(16-20-38)44(52)58-29-23-33-13-14-34(37(31-33)32-47-49-46-48-40-11-5-6-12-41(40)60-46)24-30-59-45(53)36-17-21-39(22-18-36)55-26-8-10-28-57-43(51)4-2/h3-6,11-22,31-32H,1-2,7-10,23-30H2,(H,48,49)/b47-32+. The Morgan fingerprint density at radius 3 is 1.75 bits per heavy atom. The zero-order valence-corrected chi connectivity index (χ0v) is 34.0. The first-order chi connectivity index (χ1) is 29.3. The Balaban J connectivity index is 1.11. The highest BCUT2D eigenvalue weighted by Crippen LogP contribution is 2.25. The van der Waals surface area contributed by atoms with Crippen molar-refractivity contribution in [1.82, 2.24) is 4.98 Å². The van der Waals surface area contributed by atoms with Crippen LogP contribution in [0.15, 0.2) is 121 Å². The number of anilines is 1. The van der Waals surface area contributed by atoms with Crippen LogP contribution in [0.25, 0.3) is 10.2 Å². The third-order valence-corrected chi connectivity index (χ3v) is 9.65. The summed E-state index contributed by atoms with van der Waals surface area (Å²) in [5.74, 6) is -0.573. The first kappa shape index (κ1) is 44.3. The maximum absolute atomic E-state index is 12.9. The topological polar surface area (TPSA) is 161 Å². The number of nitrogens with zero attached hydrogens (tertiary/aromatic N) is 2. The smallest absolute Gasteiger partial charge is 0.338 e. The lowest BCUT2D eigenvalue weighted by Gasteiger charge is -2.11. The molecule has 312 valence electrons. The SMILES string of the molecule is C=CC(=O)OCCCCOc1ccc(C(=O)OCCc2ccc(CCOC(=O)c3ccc(OCCCCOC(=O)C=C)cc3)c(/C=N/Nc3nc4ccccc4s3)c2)cc1. The number of rotatable bonds is 25. The van der Waals surface area contributed by atoms with Gasteiger partial charge in [-0.2, -0.15) is 5.10 Å². The Kier molecular flexibility index (Phi) is 17.9. The summed E-state index contributed by atoms with van der Waals surface area (Å²) in [7, 11) is 0. The van der Waals surface area contributed by atoms with E-state index in [1.54, 1.807) is 54.7 Å². The number of hydrogen-bond donors (Lipinski definition) is 1. The second-order valence-electron chi connectivity index (χ2n) is 13.1. The average Bonchev–Trinajstić information content (AvgIpc) is 3.69. The Morgan fingerprint density at radius 1 is 0.633 bits per heavy atom. The van der Waals surface area contributed by atoms with Crippen molar-refractivity contribution in [1.29, 1.82) is 0 Å². The van der Waals surface area contributed by atoms with Crippen LogP contribution in [0.3, 0.4) is 0 Å². The number of unbranched alkanes of at least 4 members (excludes halogenated alkanes) is 2. The summed E-state index contributed by atoms with van der Waals surface area (Å²) >= 11 is 1.49. The van der Waals surface area contributed by atoms with E-state index < -0.39 is 23.9 Å². The fraction of sp³-hybridized carbons (Fsp3) is 0.261. The molecule has 0 amide bonds. The molecule has 0 aliphatic rings. The van der Waals surface area contributed by atoms with Crippen molar-refractivity contribution in [3.8, 4) is 11.5 Å². The fourth-order valence-electron chi connectivity index (χ4n) is 5.53. The van der Waals surface area contributed by atoms with Crippen LogP contribution < -0.4 is 14.9 Å². The molecule has 0 fully saturated rings. The molecule has 0 spiro atoms. The number of carbonyl (C=O) groups is 4. The van der Waals surface area contributed by atoms with Gasteiger partial charge in [0.15, 0.2) is 0 Å². The summed E-state index contributed by atoms with van der Waals surface area (Å²) < 4.78 is 33.6. The van der Waals surface area contributed by atoms with Gasteiger partial charge < -0.3 is 28.4 Å². The van der Waals surface area contributed by atoms with Gasteiger partial charge in [0.05, 0.1) is 67.2 Å². The number of fused-ring (bicyclic) bond motifs is 1. The molecular weight excluding hydrogens is 787 g/mol. The summed E-state index contributed by atoms with van der Waals surface area (Å²) in [5, 5.41) is 5.11. The van der Waals surface area contributed by atoms with Crippen LogP contribution in [0.4, 0.5) is 5.13 Å². The molecule has 1 N–H and O–H groups in total. The monoisotopic (exact) mass is 833 g/mol. The molecule has 0 radical (unpaired) electrons. The van der Waals surface area contributed by atoms with E-state index in [1.807, 2.05) is 42.5 Å². The second kappa shape index (κ2) is 24.2. The van der Waals surface area contributed by atoms with Crippen molar-refractivity contribution in [2.24, 2.45) is 5.10 Å². The molecular formula is C46H47N3O10S. The number of para-hydroxylation sites is 1. The fourth-order valence-corrected chi connectivity index (χ4v) is 6.35. The molecule has 4 aromatic carbocycles. The maximum Gasteiger partial charge on any atom is 0.338 e. The average molecular weight is 834 g/mol. The number of thiazole rings is 1. The minimum atomic E-state index is -0.459. The van der Waals surface area contributed by atoms with Gasteiger partial charge in [0.1, 0.15) is 11.5 Å². The molecule has 13 nitrogen and oxygen atoms in total. The van der Waals surface area contributed by atoms with E-state index >= 15 is 0 Å². The lowest BCUT2D eigenvalue weighted by Crippen LogP contribution is -2.10. The highest BCUT2D eigenvalue weighted by molar-refractivity contribution is 7.22. The normalized spacial score (nSPS) is 10.8. The van der Waals surface area contributed by atoms with Crippen LogP contribution in [0.1, 0.15) is 63.1 Å². The molecule has 14 heteroatoms. The van der Waals surface area contributed by atoms with Gasteiger partial charge in [-0.25, -0.2) is 24.2 Å². The molecule has 0 aliphatic heterocycles. The Morgan fingerprint density at radius 2 is 1.18 bits per heavy atom. The van der Waals surface area contributed by atoms with Crippen LogP contribution in [-0.4, -0.2) is 74.7 Å². The first-order valence-electron chi connectivity index (χ1n) is 19.5. The molecule has 1 heterocycles. The molecule has 0 aliphatic carbocycles. The van der Waals surface area contributed by atoms with Crippen molar-refractivity contribution >= 4 is 56.8 Å². The summed E-state index contributed by atoms with van der Waals surface area (Å²) in [6, 6.07) is 27.2. The van der Waals surface area contributed by atoms with E-state index in [4.69, 9.17) is 28.4 Å². The number of nitrogens with one attached hydrogen (secondary N) is 1. The highest BCUT2D eigenvalue weighted by Gasteiger charge is 2.12. The highest BCUT2D eigenvalue weighted by atomic mass is 32.1. The van der Waals surface area contributed by atoms with Crippen LogP contribution in [-0.2, 0) is 41.4 Å². The van der Waals surface area contributed by atoms with Gasteiger partial charge in [-0.3, -0.25) is 5.43 Å². The van der Waals surface area contributed by atoms with Gasteiger partial charge in [0, 0.05) is 25.0 Å². The van der Waals surface area contributed by atoms with Gasteiger partial charge in [-0.1, -0.05) is 48.8 Å². The van der Waals surface area contributed by atoms with E-state index in [1.165, 1.54) is 11.3 Å². The van der Waals surface area contributed by atoms with E-state index in [0.717, 1.165) is 39.1 Å². The second-order valence-corrected chi connectivity index (χ2v) is 14.1. The van der Waals surface area contributed by atoms with E-state index in [9.17, 15) is 19.2 Å². The number of benzene rings is 4. The van der Waals surface area contributed by atoms with Gasteiger partial charge in [0.2, 0.25) is 5.13 Å². The third kappa shape index (κ3) is 14.9. The van der Waals surface area contributed by atoms with Gasteiger partial charge >= 0.3 is 23.9 Å². The van der Waals surface area contributed by atoms with Gasteiger partial charge in [0.25, 0.3) is 0 Å². The van der Waals surface area contributed by atoms with E-state index in [2.05, 4.69) is 28.7 Å². The lowest BCUT2D eigenvalue weighted by molar-refractivity contribution is -0.138. The minimum absolute atomic E-state index is 0.133. The minimum Gasteiger partial charge on any atom is -0.494 e. The van der Waals surface area contributed by atoms with Gasteiger partial charge in [-0.05, 0) is 109 Å². The maximum atomic E-state index is 12.9. The number of hydrogen-bond acceptors (Lipinski definition) is 14. The predicted molar refractivity (Wildman–Crippen MR) is 230 cm³/mol. The zero-order valence-electron chi connectivity index (χ0n) is 33.2. The number of carbonyl (C=O) groups excluding carboxylic acids is 4. The van der Waals surface area contributed by atoms with Crippen LogP contribution in [0, 0.1) is 0 Å². The summed E-state index contributed by atoms with van der Waals surface area (Å²) in [5.41, 5.74) is 7.33. The molecule has 5 rings (SSSR count). The van der Waals surface area contributed by atoms with E-state index in [0.29, 0.717) is 92.7 Å². The van der Waals surface area contributed by atoms with Crippen molar-refractivity contribution < 1.29 is 47.6 Å². The number of hydrazone groups is 1. The molecule has 0 atom stereocenters. The number of aromatic nitrogens is 1. The van der Waals surface area contributed by atoms with E-state index in [-0.39, 0.29) is 13.2 Å². The summed E-state index contributed by atoms with van der Waals surface area (Å²) in [6.45, 7) is 8.50. The molecule has 0 unspecified atom stereocenters. The summed E-state index contributed by atoms with van der Waals surface area (Å²) in [6.07, 6.45) is 7.56. The van der Waals surface area contributed by atoms with Crippen molar-refractivity contribution in [3.63, 3.8) is 0 Å². The number of ether oxygens (including phenoxy) is 6. The molecule has 5 aromatic rings. The molecule has 1 aromatic heterocycles. The predicted octanol–water partition coefficient (Wildman–Crippen LogP) is 8.32. The zero-order chi connectivity index (χ0) is 42.4. The van der Waals surface area contributed by atoms with Crippen molar-refractivity contribution in [2.45, 2.75) is 38.5 Å². The van der Waals surface area contributed by atoms with Crippen molar-refractivity contribution in [2.75, 3.05) is 45.1 Å². The third-order valence-electron chi connectivity index (χ3n) is 8.71. The molecule has 0 saturated heterocycles. The molecule has 0 saturated carbocycles. The van der Waals surface area contributed by atoms with Crippen LogP contribution in [0.5, 0.6) is 11.5 Å². The lowest BCUT2D eigenvalue weighted by atomic mass is 10.0.